The molecular formula is C21H31Cl2NO5S. The van der Waals surface area contributed by atoms with Gasteiger partial charge in [-0.2, -0.15) is 8.42 Å². The Balaban J connectivity index is 3.07. The first-order valence-corrected chi connectivity index (χ1v) is 12.3. The molecule has 9 heteroatoms. The molecule has 1 rings (SSSR count). The Morgan fingerprint density at radius 3 is 2.37 bits per heavy atom. The average Bonchev–Trinajstić information content (AvgIpc) is 2.59. The Morgan fingerprint density at radius 2 is 1.87 bits per heavy atom. The second kappa shape index (κ2) is 11.4. The van der Waals surface area contributed by atoms with Crippen molar-refractivity contribution in [3.8, 4) is 0 Å². The summed E-state index contributed by atoms with van der Waals surface area (Å²) >= 11 is 12.2. The van der Waals surface area contributed by atoms with Gasteiger partial charge in [0.05, 0.1) is 22.9 Å². The highest BCUT2D eigenvalue weighted by molar-refractivity contribution is 7.85. The van der Waals surface area contributed by atoms with Crippen molar-refractivity contribution in [2.24, 2.45) is 5.92 Å². The number of ether oxygens (including phenoxy) is 1. The molecule has 0 aliphatic rings. The molecule has 1 atom stereocenters. The largest absolute Gasteiger partial charge is 0.444 e. The number of hydrogen-bond donors (Lipinski definition) is 0. The van der Waals surface area contributed by atoms with Gasteiger partial charge in [-0.05, 0) is 50.5 Å². The number of benzene rings is 1. The van der Waals surface area contributed by atoms with E-state index in [0.29, 0.717) is 16.6 Å². The van der Waals surface area contributed by atoms with E-state index in [0.717, 1.165) is 30.2 Å². The highest BCUT2D eigenvalue weighted by Gasteiger charge is 2.26. The predicted octanol–water partition coefficient (Wildman–Crippen LogP) is 5.64. The molecule has 0 fully saturated rings. The first-order chi connectivity index (χ1) is 13.7. The average molecular weight is 480 g/mol. The molecule has 1 aromatic carbocycles. The third-order valence-electron chi connectivity index (χ3n) is 4.17. The minimum atomic E-state index is -3.61. The van der Waals surface area contributed by atoms with Crippen LogP contribution in [0.4, 0.5) is 4.79 Å². The number of amides is 1. The van der Waals surface area contributed by atoms with Gasteiger partial charge in [-0.15, -0.1) is 0 Å². The lowest BCUT2D eigenvalue weighted by Gasteiger charge is -2.31. The Morgan fingerprint density at radius 1 is 1.23 bits per heavy atom. The fourth-order valence-electron chi connectivity index (χ4n) is 2.80. The number of nitrogens with zero attached hydrogens (tertiary/aromatic N) is 1. The van der Waals surface area contributed by atoms with Crippen LogP contribution in [0.1, 0.15) is 46.1 Å². The molecule has 0 bridgehead atoms. The molecule has 0 spiro atoms. The molecule has 1 amide bonds. The molecule has 0 saturated carbocycles. The summed E-state index contributed by atoms with van der Waals surface area (Å²) in [5, 5.41) is 0.879. The zero-order valence-electron chi connectivity index (χ0n) is 18.2. The van der Waals surface area contributed by atoms with Crippen LogP contribution in [-0.4, -0.2) is 51.0 Å². The summed E-state index contributed by atoms with van der Waals surface area (Å²) in [7, 11) is -3.61. The van der Waals surface area contributed by atoms with Gasteiger partial charge in [0.15, 0.2) is 0 Å². The summed E-state index contributed by atoms with van der Waals surface area (Å²) in [6, 6.07) is 5.29. The normalized spacial score (nSPS) is 13.0. The third kappa shape index (κ3) is 9.69. The van der Waals surface area contributed by atoms with E-state index in [1.165, 1.54) is 4.90 Å². The van der Waals surface area contributed by atoms with Crippen molar-refractivity contribution >= 4 is 45.0 Å². The first kappa shape index (κ1) is 26.8. The maximum atomic E-state index is 12.7. The summed E-state index contributed by atoms with van der Waals surface area (Å²) < 4.78 is 32.9. The van der Waals surface area contributed by atoms with E-state index in [4.69, 9.17) is 32.1 Å². The number of halogens is 2. The molecule has 0 aliphatic carbocycles. The molecule has 0 aromatic heterocycles. The summed E-state index contributed by atoms with van der Waals surface area (Å²) in [4.78, 5) is 14.2. The number of rotatable bonds is 10. The van der Waals surface area contributed by atoms with E-state index in [1.807, 2.05) is 13.0 Å². The summed E-state index contributed by atoms with van der Waals surface area (Å²) in [6.07, 6.45) is 2.07. The van der Waals surface area contributed by atoms with Crippen LogP contribution in [0.5, 0.6) is 0 Å². The van der Waals surface area contributed by atoms with Crippen molar-refractivity contribution in [3.05, 3.63) is 40.4 Å². The summed E-state index contributed by atoms with van der Waals surface area (Å²) in [5.41, 5.74) is 0.959. The standard InChI is InChI=1S/C21H31Cl2NO5S/c1-7-8-17(15(2)16-9-10-18(22)19(23)13-16)14-24(11-12-28-30(6,26)27)20(25)29-21(3,4)5/h9-10,13,17H,2,7-8,11-12,14H2,1,3-6H3. The number of hydrogen-bond acceptors (Lipinski definition) is 5. The van der Waals surface area contributed by atoms with Gasteiger partial charge in [0, 0.05) is 19.0 Å². The van der Waals surface area contributed by atoms with E-state index in [-0.39, 0.29) is 19.1 Å². The SMILES string of the molecule is C=C(c1ccc(Cl)c(Cl)c1)C(CCC)CN(CCOS(C)(=O)=O)C(=O)OC(C)(C)C. The van der Waals surface area contributed by atoms with Crippen LogP contribution in [0.2, 0.25) is 10.0 Å². The Bertz CT molecular complexity index is 849. The van der Waals surface area contributed by atoms with Gasteiger partial charge < -0.3 is 9.64 Å². The Labute approximate surface area is 190 Å². The lowest BCUT2D eigenvalue weighted by atomic mass is 9.89. The lowest BCUT2D eigenvalue weighted by Crippen LogP contribution is -2.41. The fourth-order valence-corrected chi connectivity index (χ4v) is 3.48. The quantitative estimate of drug-likeness (QED) is 0.406. The Hall–Kier alpha value is -1.28. The van der Waals surface area contributed by atoms with E-state index in [2.05, 4.69) is 6.58 Å². The van der Waals surface area contributed by atoms with Crippen LogP contribution in [0, 0.1) is 5.92 Å². The van der Waals surface area contributed by atoms with Crippen LogP contribution in [-0.2, 0) is 19.0 Å². The van der Waals surface area contributed by atoms with E-state index < -0.39 is 21.8 Å². The highest BCUT2D eigenvalue weighted by Crippen LogP contribution is 2.31. The molecule has 0 aliphatic heterocycles. The van der Waals surface area contributed by atoms with Crippen molar-refractivity contribution < 1.29 is 22.1 Å². The zero-order chi connectivity index (χ0) is 23.1. The summed E-state index contributed by atoms with van der Waals surface area (Å²) in [5.74, 6) is -0.0852. The van der Waals surface area contributed by atoms with Crippen LogP contribution < -0.4 is 0 Å². The third-order valence-corrected chi connectivity index (χ3v) is 5.51. The molecule has 0 radical (unpaired) electrons. The van der Waals surface area contributed by atoms with Gasteiger partial charge >= 0.3 is 6.09 Å². The van der Waals surface area contributed by atoms with Gasteiger partial charge in [-0.1, -0.05) is 49.2 Å². The van der Waals surface area contributed by atoms with Gasteiger partial charge in [-0.3, -0.25) is 4.18 Å². The molecule has 1 unspecified atom stereocenters. The smallest absolute Gasteiger partial charge is 0.410 e. The molecule has 1 aromatic rings. The van der Waals surface area contributed by atoms with Crippen molar-refractivity contribution in [1.82, 2.24) is 4.90 Å². The Kier molecular flexibility index (Phi) is 10.1. The minimum Gasteiger partial charge on any atom is -0.444 e. The van der Waals surface area contributed by atoms with Crippen molar-refractivity contribution in [2.45, 2.75) is 46.1 Å². The number of carbonyl (C=O) groups excluding carboxylic acids is 1. The number of carbonyl (C=O) groups is 1. The first-order valence-electron chi connectivity index (χ1n) is 9.70. The molecule has 6 nitrogen and oxygen atoms in total. The van der Waals surface area contributed by atoms with Gasteiger partial charge in [0.25, 0.3) is 10.1 Å². The monoisotopic (exact) mass is 479 g/mol. The second-order valence-electron chi connectivity index (χ2n) is 8.09. The van der Waals surface area contributed by atoms with Gasteiger partial charge in [0.2, 0.25) is 0 Å². The van der Waals surface area contributed by atoms with E-state index in [9.17, 15) is 13.2 Å². The molecular weight excluding hydrogens is 449 g/mol. The topological polar surface area (TPSA) is 72.9 Å². The van der Waals surface area contributed by atoms with Gasteiger partial charge in [0.1, 0.15) is 5.60 Å². The lowest BCUT2D eigenvalue weighted by molar-refractivity contribution is 0.0208. The zero-order valence-corrected chi connectivity index (χ0v) is 20.5. The van der Waals surface area contributed by atoms with E-state index >= 15 is 0 Å². The molecule has 0 N–H and O–H groups in total. The van der Waals surface area contributed by atoms with Crippen molar-refractivity contribution in [2.75, 3.05) is 26.0 Å². The van der Waals surface area contributed by atoms with Gasteiger partial charge in [-0.25, -0.2) is 4.79 Å². The van der Waals surface area contributed by atoms with Crippen molar-refractivity contribution in [3.63, 3.8) is 0 Å². The predicted molar refractivity (Wildman–Crippen MR) is 122 cm³/mol. The maximum Gasteiger partial charge on any atom is 0.410 e. The fraction of sp³-hybridized carbons (Fsp3) is 0.571. The van der Waals surface area contributed by atoms with Crippen LogP contribution >= 0.6 is 23.2 Å². The highest BCUT2D eigenvalue weighted by atomic mass is 35.5. The molecule has 0 heterocycles. The van der Waals surface area contributed by atoms with E-state index in [1.54, 1.807) is 32.9 Å². The van der Waals surface area contributed by atoms with Crippen molar-refractivity contribution in [1.29, 1.82) is 0 Å². The van der Waals surface area contributed by atoms with Crippen LogP contribution in [0.3, 0.4) is 0 Å². The molecule has 0 saturated heterocycles. The molecule has 170 valence electrons. The summed E-state index contributed by atoms with van der Waals surface area (Å²) in [6.45, 7) is 11.8. The second-order valence-corrected chi connectivity index (χ2v) is 10.6. The maximum absolute atomic E-state index is 12.7. The van der Waals surface area contributed by atoms with Crippen LogP contribution in [0.25, 0.3) is 5.57 Å². The molecule has 30 heavy (non-hydrogen) atoms. The van der Waals surface area contributed by atoms with Crippen LogP contribution in [0.15, 0.2) is 24.8 Å². The minimum absolute atomic E-state index is 0.0663.